The van der Waals surface area contributed by atoms with Crippen molar-refractivity contribution in [2.24, 2.45) is 5.73 Å². The molecular weight excluding hydrogens is 224 g/mol. The highest BCUT2D eigenvalue weighted by Gasteiger charge is 2.21. The van der Waals surface area contributed by atoms with Crippen LogP contribution < -0.4 is 10.6 Å². The van der Waals surface area contributed by atoms with Gasteiger partial charge in [-0.05, 0) is 30.9 Å². The van der Waals surface area contributed by atoms with Crippen LogP contribution in [0.15, 0.2) is 18.3 Å². The van der Waals surface area contributed by atoms with E-state index in [1.54, 1.807) is 12.3 Å². The summed E-state index contributed by atoms with van der Waals surface area (Å²) in [4.78, 5) is 6.44. The minimum absolute atomic E-state index is 0.178. The second-order valence-corrected chi connectivity index (χ2v) is 4.38. The number of hydrogen-bond acceptors (Lipinski definition) is 3. The first-order chi connectivity index (χ1) is 8.18. The Morgan fingerprint density at radius 1 is 1.35 bits per heavy atom. The average Bonchev–Trinajstić information content (AvgIpc) is 2.83. The normalized spacial score (nSPS) is 17.8. The van der Waals surface area contributed by atoms with Crippen LogP contribution in [0.2, 0.25) is 0 Å². The van der Waals surface area contributed by atoms with Crippen LogP contribution in [0.5, 0.6) is 0 Å². The Bertz CT molecular complexity index is 365. The van der Waals surface area contributed by atoms with E-state index in [0.717, 1.165) is 37.3 Å². The molecule has 1 aromatic rings. The van der Waals surface area contributed by atoms with E-state index in [2.05, 4.69) is 9.88 Å². The molecule has 1 fully saturated rings. The highest BCUT2D eigenvalue weighted by molar-refractivity contribution is 5.47. The van der Waals surface area contributed by atoms with Gasteiger partial charge in [-0.3, -0.25) is 0 Å². The van der Waals surface area contributed by atoms with Gasteiger partial charge in [-0.25, -0.2) is 13.8 Å². The summed E-state index contributed by atoms with van der Waals surface area (Å²) in [6.45, 7) is 1.90. The molecule has 1 aromatic heterocycles. The molecule has 0 bridgehead atoms. The summed E-state index contributed by atoms with van der Waals surface area (Å²) in [5.41, 5.74) is 6.24. The maximum Gasteiger partial charge on any atom is 0.253 e. The van der Waals surface area contributed by atoms with E-state index in [4.69, 9.17) is 5.73 Å². The number of rotatable bonds is 4. The Hall–Kier alpha value is -1.23. The summed E-state index contributed by atoms with van der Waals surface area (Å²) in [7, 11) is 0. The first kappa shape index (κ1) is 12.2. The molecule has 2 rings (SSSR count). The van der Waals surface area contributed by atoms with Gasteiger partial charge in [0.05, 0.1) is 6.04 Å². The lowest BCUT2D eigenvalue weighted by Crippen LogP contribution is -2.32. The topological polar surface area (TPSA) is 42.1 Å². The number of halogens is 2. The smallest absolute Gasteiger partial charge is 0.253 e. The molecule has 0 aliphatic carbocycles. The van der Waals surface area contributed by atoms with Gasteiger partial charge in [0.15, 0.2) is 0 Å². The minimum atomic E-state index is -2.48. The maximum absolute atomic E-state index is 12.5. The summed E-state index contributed by atoms with van der Waals surface area (Å²) < 4.78 is 24.9. The van der Waals surface area contributed by atoms with Gasteiger partial charge < -0.3 is 10.6 Å². The zero-order valence-electron chi connectivity index (χ0n) is 9.65. The number of nitrogens with zero attached hydrogens (tertiary/aromatic N) is 2. The van der Waals surface area contributed by atoms with Crippen LogP contribution in [0.25, 0.3) is 0 Å². The predicted molar refractivity (Wildman–Crippen MR) is 63.4 cm³/mol. The number of alkyl halides is 2. The third-order valence-corrected chi connectivity index (χ3v) is 3.05. The van der Waals surface area contributed by atoms with E-state index in [-0.39, 0.29) is 6.42 Å². The molecule has 1 unspecified atom stereocenters. The number of aromatic nitrogens is 1. The molecular formula is C12H17F2N3. The van der Waals surface area contributed by atoms with E-state index < -0.39 is 12.5 Å². The number of anilines is 1. The van der Waals surface area contributed by atoms with Crippen molar-refractivity contribution in [2.45, 2.75) is 31.7 Å². The molecule has 17 heavy (non-hydrogen) atoms. The molecule has 94 valence electrons. The molecule has 1 atom stereocenters. The SMILES string of the molecule is NC(Cc1cccnc1N1CCCC1)C(F)F. The minimum Gasteiger partial charge on any atom is -0.356 e. The number of pyridine rings is 1. The van der Waals surface area contributed by atoms with Crippen molar-refractivity contribution in [3.05, 3.63) is 23.9 Å². The first-order valence-corrected chi connectivity index (χ1v) is 5.91. The van der Waals surface area contributed by atoms with Crippen LogP contribution in [0.4, 0.5) is 14.6 Å². The molecule has 2 N–H and O–H groups in total. The predicted octanol–water partition coefficient (Wildman–Crippen LogP) is 1.82. The second-order valence-electron chi connectivity index (χ2n) is 4.38. The summed E-state index contributed by atoms with van der Waals surface area (Å²) in [6, 6.07) is 2.50. The Kier molecular flexibility index (Phi) is 3.89. The highest BCUT2D eigenvalue weighted by Crippen LogP contribution is 2.23. The molecule has 0 aromatic carbocycles. The van der Waals surface area contributed by atoms with E-state index in [1.165, 1.54) is 0 Å². The van der Waals surface area contributed by atoms with Crippen molar-refractivity contribution >= 4 is 5.82 Å². The number of nitrogens with two attached hydrogens (primary N) is 1. The quantitative estimate of drug-likeness (QED) is 0.874. The molecule has 5 heteroatoms. The Labute approximate surface area is 99.6 Å². The van der Waals surface area contributed by atoms with Gasteiger partial charge in [0.1, 0.15) is 5.82 Å². The van der Waals surface area contributed by atoms with Crippen molar-refractivity contribution in [3.63, 3.8) is 0 Å². The molecule has 2 heterocycles. The standard InChI is InChI=1S/C12H17F2N3/c13-11(14)10(15)8-9-4-3-5-16-12(9)17-6-1-2-7-17/h3-5,10-11H,1-2,6-8,15H2. The van der Waals surface area contributed by atoms with Crippen LogP contribution >= 0.6 is 0 Å². The lowest BCUT2D eigenvalue weighted by atomic mass is 10.1. The van der Waals surface area contributed by atoms with E-state index in [1.807, 2.05) is 6.07 Å². The second kappa shape index (κ2) is 5.40. The molecule has 0 spiro atoms. The first-order valence-electron chi connectivity index (χ1n) is 5.91. The van der Waals surface area contributed by atoms with Crippen LogP contribution in [0, 0.1) is 0 Å². The summed E-state index contributed by atoms with van der Waals surface area (Å²) >= 11 is 0. The Balaban J connectivity index is 2.15. The van der Waals surface area contributed by atoms with Crippen LogP contribution in [0.1, 0.15) is 18.4 Å². The van der Waals surface area contributed by atoms with Crippen LogP contribution in [-0.2, 0) is 6.42 Å². The van der Waals surface area contributed by atoms with Gasteiger partial charge >= 0.3 is 0 Å². The van der Waals surface area contributed by atoms with Gasteiger partial charge in [-0.15, -0.1) is 0 Å². The average molecular weight is 241 g/mol. The van der Waals surface area contributed by atoms with Gasteiger partial charge in [0.2, 0.25) is 0 Å². The Morgan fingerprint density at radius 2 is 2.06 bits per heavy atom. The fourth-order valence-electron chi connectivity index (χ4n) is 2.15. The van der Waals surface area contributed by atoms with Crippen LogP contribution in [0.3, 0.4) is 0 Å². The van der Waals surface area contributed by atoms with E-state index in [0.29, 0.717) is 0 Å². The number of hydrogen-bond donors (Lipinski definition) is 1. The molecule has 1 aliphatic heterocycles. The zero-order valence-corrected chi connectivity index (χ0v) is 9.65. The fraction of sp³-hybridized carbons (Fsp3) is 0.583. The highest BCUT2D eigenvalue weighted by atomic mass is 19.3. The van der Waals surface area contributed by atoms with Crippen molar-refractivity contribution in [1.82, 2.24) is 4.98 Å². The largest absolute Gasteiger partial charge is 0.356 e. The van der Waals surface area contributed by atoms with E-state index in [9.17, 15) is 8.78 Å². The van der Waals surface area contributed by atoms with E-state index >= 15 is 0 Å². The molecule has 1 saturated heterocycles. The Morgan fingerprint density at radius 3 is 2.71 bits per heavy atom. The summed E-state index contributed by atoms with van der Waals surface area (Å²) in [5.74, 6) is 0.820. The zero-order chi connectivity index (χ0) is 12.3. The lowest BCUT2D eigenvalue weighted by molar-refractivity contribution is 0.116. The van der Waals surface area contributed by atoms with Crippen LogP contribution in [-0.4, -0.2) is 30.5 Å². The lowest BCUT2D eigenvalue weighted by Gasteiger charge is -2.21. The molecule has 0 radical (unpaired) electrons. The van der Waals surface area contributed by atoms with Gasteiger partial charge in [0, 0.05) is 19.3 Å². The summed E-state index contributed by atoms with van der Waals surface area (Å²) in [6.07, 6.45) is 1.66. The van der Waals surface area contributed by atoms with Crippen molar-refractivity contribution in [3.8, 4) is 0 Å². The third kappa shape index (κ3) is 2.91. The molecule has 3 nitrogen and oxygen atoms in total. The van der Waals surface area contributed by atoms with Crippen molar-refractivity contribution in [1.29, 1.82) is 0 Å². The maximum atomic E-state index is 12.5. The molecule has 0 amide bonds. The third-order valence-electron chi connectivity index (χ3n) is 3.05. The van der Waals surface area contributed by atoms with Gasteiger partial charge in [-0.1, -0.05) is 6.07 Å². The molecule has 1 aliphatic rings. The monoisotopic (exact) mass is 241 g/mol. The van der Waals surface area contributed by atoms with Crippen molar-refractivity contribution < 1.29 is 8.78 Å². The van der Waals surface area contributed by atoms with Gasteiger partial charge in [-0.2, -0.15) is 0 Å². The molecule has 0 saturated carbocycles. The van der Waals surface area contributed by atoms with Gasteiger partial charge in [0.25, 0.3) is 6.43 Å². The fourth-order valence-corrected chi connectivity index (χ4v) is 2.15. The van der Waals surface area contributed by atoms with Crippen molar-refractivity contribution in [2.75, 3.05) is 18.0 Å². The summed E-state index contributed by atoms with van der Waals surface area (Å²) in [5, 5.41) is 0.